The summed E-state index contributed by atoms with van der Waals surface area (Å²) in [6.45, 7) is 1.13. The Morgan fingerprint density at radius 3 is 2.73 bits per heavy atom. The van der Waals surface area contributed by atoms with Crippen molar-refractivity contribution in [2.75, 3.05) is 17.8 Å². The molecule has 1 aliphatic rings. The van der Waals surface area contributed by atoms with Crippen molar-refractivity contribution in [1.82, 2.24) is 4.31 Å². The summed E-state index contributed by atoms with van der Waals surface area (Å²) >= 11 is 0. The summed E-state index contributed by atoms with van der Waals surface area (Å²) < 4.78 is 26.7. The van der Waals surface area contributed by atoms with Gasteiger partial charge in [-0.3, -0.25) is 4.72 Å². The predicted molar refractivity (Wildman–Crippen MR) is 55.3 cm³/mol. The van der Waals surface area contributed by atoms with Crippen LogP contribution in [0.5, 0.6) is 0 Å². The molecule has 1 aliphatic heterocycles. The van der Waals surface area contributed by atoms with Crippen LogP contribution in [0.4, 0.5) is 5.69 Å². The molecule has 1 aromatic carbocycles. The Morgan fingerprint density at radius 1 is 1.40 bits per heavy atom. The van der Waals surface area contributed by atoms with E-state index in [2.05, 4.69) is 4.72 Å². The van der Waals surface area contributed by atoms with Gasteiger partial charge in [-0.1, -0.05) is 6.07 Å². The Balaban J connectivity index is 2.21. The number of nitrogens with one attached hydrogen (secondary N) is 1. The van der Waals surface area contributed by atoms with Gasteiger partial charge in [0.2, 0.25) is 0 Å². The Kier molecular flexibility index (Phi) is 2.34. The molecular formula is C9H9N3O2S. The van der Waals surface area contributed by atoms with Crippen LogP contribution >= 0.6 is 0 Å². The molecule has 0 bridgehead atoms. The smallest absolute Gasteiger partial charge is 0.271 e. The molecule has 2 rings (SSSR count). The third kappa shape index (κ3) is 2.26. The van der Waals surface area contributed by atoms with Crippen LogP contribution in [0.15, 0.2) is 24.3 Å². The fraction of sp³-hybridized carbons (Fsp3) is 0.222. The lowest BCUT2D eigenvalue weighted by Gasteiger charge is -2.07. The van der Waals surface area contributed by atoms with Crippen molar-refractivity contribution >= 4 is 15.9 Å². The molecule has 1 fully saturated rings. The fourth-order valence-electron chi connectivity index (χ4n) is 1.15. The second kappa shape index (κ2) is 3.53. The van der Waals surface area contributed by atoms with E-state index in [1.807, 2.05) is 6.07 Å². The highest BCUT2D eigenvalue weighted by molar-refractivity contribution is 7.90. The van der Waals surface area contributed by atoms with Crippen LogP contribution < -0.4 is 4.72 Å². The third-order valence-corrected chi connectivity index (χ3v) is 3.52. The number of anilines is 1. The first-order valence-corrected chi connectivity index (χ1v) is 5.84. The first-order chi connectivity index (χ1) is 7.12. The van der Waals surface area contributed by atoms with Crippen LogP contribution in [0.2, 0.25) is 0 Å². The first kappa shape index (κ1) is 9.96. The van der Waals surface area contributed by atoms with Crippen LogP contribution in [0, 0.1) is 11.3 Å². The minimum absolute atomic E-state index is 0.418. The Morgan fingerprint density at radius 2 is 2.13 bits per heavy atom. The molecule has 0 unspecified atom stereocenters. The molecule has 0 atom stereocenters. The summed E-state index contributed by atoms with van der Waals surface area (Å²) in [6.07, 6.45) is 0. The Hall–Kier alpha value is -1.58. The van der Waals surface area contributed by atoms with Gasteiger partial charge < -0.3 is 0 Å². The molecule has 5 nitrogen and oxygen atoms in total. The first-order valence-electron chi connectivity index (χ1n) is 4.40. The zero-order valence-corrected chi connectivity index (χ0v) is 8.66. The molecule has 1 saturated heterocycles. The Bertz CT molecular complexity index is 514. The van der Waals surface area contributed by atoms with Gasteiger partial charge in [0.25, 0.3) is 0 Å². The minimum atomic E-state index is -3.39. The topological polar surface area (TPSA) is 73.0 Å². The van der Waals surface area contributed by atoms with Gasteiger partial charge in [0.1, 0.15) is 0 Å². The minimum Gasteiger partial charge on any atom is -0.271 e. The molecular weight excluding hydrogens is 214 g/mol. The van der Waals surface area contributed by atoms with Crippen molar-refractivity contribution in [2.45, 2.75) is 0 Å². The SMILES string of the molecule is N#Cc1cccc(NS(=O)(=O)N2CC2)c1. The summed E-state index contributed by atoms with van der Waals surface area (Å²) in [7, 11) is -3.39. The van der Waals surface area contributed by atoms with E-state index >= 15 is 0 Å². The highest BCUT2D eigenvalue weighted by Gasteiger charge is 2.31. The molecule has 0 spiro atoms. The van der Waals surface area contributed by atoms with Gasteiger partial charge in [0.05, 0.1) is 17.3 Å². The average molecular weight is 223 g/mol. The van der Waals surface area contributed by atoms with E-state index in [4.69, 9.17) is 5.26 Å². The van der Waals surface area contributed by atoms with Gasteiger partial charge in [-0.25, -0.2) is 0 Å². The van der Waals surface area contributed by atoms with Crippen molar-refractivity contribution in [3.63, 3.8) is 0 Å². The van der Waals surface area contributed by atoms with Crippen molar-refractivity contribution < 1.29 is 8.42 Å². The van der Waals surface area contributed by atoms with Crippen LogP contribution in [0.1, 0.15) is 5.56 Å². The van der Waals surface area contributed by atoms with Crippen molar-refractivity contribution in [3.05, 3.63) is 29.8 Å². The van der Waals surface area contributed by atoms with E-state index in [9.17, 15) is 8.42 Å². The van der Waals surface area contributed by atoms with E-state index in [0.717, 1.165) is 0 Å². The van der Waals surface area contributed by atoms with Gasteiger partial charge >= 0.3 is 10.2 Å². The number of hydrogen-bond donors (Lipinski definition) is 1. The monoisotopic (exact) mass is 223 g/mol. The quantitative estimate of drug-likeness (QED) is 0.760. The summed E-state index contributed by atoms with van der Waals surface area (Å²) in [5, 5.41) is 8.64. The molecule has 1 heterocycles. The summed E-state index contributed by atoms with van der Waals surface area (Å²) in [4.78, 5) is 0. The molecule has 0 amide bonds. The van der Waals surface area contributed by atoms with Crippen LogP contribution in [-0.4, -0.2) is 25.8 Å². The van der Waals surface area contributed by atoms with Gasteiger partial charge in [-0.2, -0.15) is 18.0 Å². The van der Waals surface area contributed by atoms with Gasteiger partial charge in [-0.05, 0) is 18.2 Å². The number of nitriles is 1. The summed E-state index contributed by atoms with van der Waals surface area (Å²) in [6, 6.07) is 8.32. The van der Waals surface area contributed by atoms with E-state index < -0.39 is 10.2 Å². The van der Waals surface area contributed by atoms with Crippen LogP contribution in [0.3, 0.4) is 0 Å². The molecule has 15 heavy (non-hydrogen) atoms. The normalized spacial score (nSPS) is 15.7. The molecule has 1 N–H and O–H groups in total. The maximum atomic E-state index is 11.5. The Labute approximate surface area is 88.1 Å². The lowest BCUT2D eigenvalue weighted by atomic mass is 10.2. The van der Waals surface area contributed by atoms with Gasteiger partial charge in [0, 0.05) is 13.1 Å². The van der Waals surface area contributed by atoms with E-state index in [0.29, 0.717) is 24.3 Å². The molecule has 0 aromatic heterocycles. The molecule has 0 saturated carbocycles. The molecule has 78 valence electrons. The van der Waals surface area contributed by atoms with Gasteiger partial charge in [0.15, 0.2) is 0 Å². The summed E-state index contributed by atoms with van der Waals surface area (Å²) in [5.41, 5.74) is 0.849. The highest BCUT2D eigenvalue weighted by atomic mass is 32.2. The third-order valence-electron chi connectivity index (χ3n) is 1.98. The number of benzene rings is 1. The highest BCUT2D eigenvalue weighted by Crippen LogP contribution is 2.17. The maximum absolute atomic E-state index is 11.5. The fourth-order valence-corrected chi connectivity index (χ4v) is 2.26. The van der Waals surface area contributed by atoms with Crippen molar-refractivity contribution in [1.29, 1.82) is 5.26 Å². The number of hydrogen-bond acceptors (Lipinski definition) is 3. The largest absolute Gasteiger partial charge is 0.301 e. The summed E-state index contributed by atoms with van der Waals surface area (Å²) in [5.74, 6) is 0. The van der Waals surface area contributed by atoms with E-state index in [1.165, 1.54) is 10.4 Å². The standard InChI is InChI=1S/C9H9N3O2S/c10-7-8-2-1-3-9(6-8)11-15(13,14)12-4-5-12/h1-3,6,11H,4-5H2. The molecule has 0 radical (unpaired) electrons. The maximum Gasteiger partial charge on any atom is 0.301 e. The molecule has 6 heteroatoms. The molecule has 0 aliphatic carbocycles. The average Bonchev–Trinajstić information content (AvgIpc) is 3.00. The lowest BCUT2D eigenvalue weighted by molar-refractivity contribution is 0.569. The van der Waals surface area contributed by atoms with Crippen LogP contribution in [0.25, 0.3) is 0 Å². The number of nitrogens with zero attached hydrogens (tertiary/aromatic N) is 2. The zero-order valence-electron chi connectivity index (χ0n) is 7.84. The second-order valence-corrected chi connectivity index (χ2v) is 4.87. The zero-order chi connectivity index (χ0) is 10.9. The van der Waals surface area contributed by atoms with Crippen LogP contribution in [-0.2, 0) is 10.2 Å². The van der Waals surface area contributed by atoms with E-state index in [-0.39, 0.29) is 0 Å². The number of rotatable bonds is 3. The van der Waals surface area contributed by atoms with E-state index in [1.54, 1.807) is 18.2 Å². The molecule has 1 aromatic rings. The second-order valence-electron chi connectivity index (χ2n) is 3.20. The lowest BCUT2D eigenvalue weighted by Crippen LogP contribution is -2.20. The predicted octanol–water partition coefficient (Wildman–Crippen LogP) is 0.531. The van der Waals surface area contributed by atoms with Gasteiger partial charge in [-0.15, -0.1) is 0 Å². The van der Waals surface area contributed by atoms with Crippen molar-refractivity contribution in [3.8, 4) is 6.07 Å². The van der Waals surface area contributed by atoms with Crippen molar-refractivity contribution in [2.24, 2.45) is 0 Å².